The van der Waals surface area contributed by atoms with E-state index in [0.29, 0.717) is 10.6 Å². The Kier molecular flexibility index (Phi) is 4.31. The van der Waals surface area contributed by atoms with Crippen LogP contribution in [-0.2, 0) is 23.5 Å². The van der Waals surface area contributed by atoms with Crippen LogP contribution in [0.2, 0.25) is 0 Å². The van der Waals surface area contributed by atoms with Crippen LogP contribution in [0.1, 0.15) is 23.9 Å². The van der Waals surface area contributed by atoms with Gasteiger partial charge in [-0.1, -0.05) is 6.07 Å². The number of nitrogens with zero attached hydrogens (tertiary/aromatic N) is 2. The lowest BCUT2D eigenvalue weighted by Crippen LogP contribution is -2.33. The fourth-order valence-electron chi connectivity index (χ4n) is 2.20. The van der Waals surface area contributed by atoms with Crippen LogP contribution < -0.4 is 4.72 Å². The molecule has 0 aliphatic heterocycles. The minimum absolute atomic E-state index is 0.177. The standard InChI is InChI=1S/C13H19N3O2S2/c1-9(8-12-10(2)14-16(4)11(12)3)15-20(17,18)13-6-5-7-19-13/h5-7,9,15H,8H2,1-4H3/t9-/m1/s1. The molecule has 7 heteroatoms. The van der Waals surface area contributed by atoms with E-state index in [9.17, 15) is 8.42 Å². The fourth-order valence-corrected chi connectivity index (χ4v) is 4.45. The van der Waals surface area contributed by atoms with Gasteiger partial charge in [-0.3, -0.25) is 4.68 Å². The van der Waals surface area contributed by atoms with Gasteiger partial charge < -0.3 is 0 Å². The number of aryl methyl sites for hydroxylation is 2. The molecule has 2 rings (SSSR count). The van der Waals surface area contributed by atoms with E-state index in [0.717, 1.165) is 17.0 Å². The Morgan fingerprint density at radius 2 is 2.15 bits per heavy atom. The van der Waals surface area contributed by atoms with Crippen LogP contribution in [0.15, 0.2) is 21.7 Å². The fraction of sp³-hybridized carbons (Fsp3) is 0.462. The summed E-state index contributed by atoms with van der Waals surface area (Å²) < 4.78 is 29.2. The van der Waals surface area contributed by atoms with Gasteiger partial charge in [-0.15, -0.1) is 11.3 Å². The molecule has 110 valence electrons. The molecule has 20 heavy (non-hydrogen) atoms. The second-order valence-corrected chi connectivity index (χ2v) is 7.82. The van der Waals surface area contributed by atoms with Crippen molar-refractivity contribution in [2.75, 3.05) is 0 Å². The summed E-state index contributed by atoms with van der Waals surface area (Å²) in [5.74, 6) is 0. The monoisotopic (exact) mass is 313 g/mol. The molecule has 0 saturated heterocycles. The van der Waals surface area contributed by atoms with Gasteiger partial charge in [0.1, 0.15) is 4.21 Å². The highest BCUT2D eigenvalue weighted by atomic mass is 32.2. The summed E-state index contributed by atoms with van der Waals surface area (Å²) in [5.41, 5.74) is 3.13. The Bertz CT molecular complexity index is 688. The van der Waals surface area contributed by atoms with Crippen LogP contribution in [0.3, 0.4) is 0 Å². The summed E-state index contributed by atoms with van der Waals surface area (Å²) in [7, 11) is -1.52. The van der Waals surface area contributed by atoms with E-state index < -0.39 is 10.0 Å². The van der Waals surface area contributed by atoms with E-state index in [1.807, 2.05) is 32.5 Å². The highest BCUT2D eigenvalue weighted by Gasteiger charge is 2.20. The van der Waals surface area contributed by atoms with Crippen LogP contribution in [0.4, 0.5) is 0 Å². The number of nitrogens with one attached hydrogen (secondary N) is 1. The van der Waals surface area contributed by atoms with E-state index >= 15 is 0 Å². The molecule has 2 heterocycles. The Hall–Kier alpha value is -1.18. The third-order valence-corrected chi connectivity index (χ3v) is 6.27. The maximum absolute atomic E-state index is 12.1. The van der Waals surface area contributed by atoms with Crippen molar-refractivity contribution in [3.05, 3.63) is 34.5 Å². The van der Waals surface area contributed by atoms with Crippen molar-refractivity contribution in [3.63, 3.8) is 0 Å². The molecule has 5 nitrogen and oxygen atoms in total. The number of hydrogen-bond donors (Lipinski definition) is 1. The quantitative estimate of drug-likeness (QED) is 0.918. The molecule has 0 spiro atoms. The van der Waals surface area contributed by atoms with Gasteiger partial charge in [0.15, 0.2) is 0 Å². The van der Waals surface area contributed by atoms with Crippen LogP contribution in [0, 0.1) is 13.8 Å². The zero-order chi connectivity index (χ0) is 14.9. The highest BCUT2D eigenvalue weighted by molar-refractivity contribution is 7.91. The number of hydrogen-bond acceptors (Lipinski definition) is 4. The molecular formula is C13H19N3O2S2. The van der Waals surface area contributed by atoms with Crippen molar-refractivity contribution in [1.82, 2.24) is 14.5 Å². The van der Waals surface area contributed by atoms with Gasteiger partial charge in [-0.25, -0.2) is 13.1 Å². The predicted molar refractivity (Wildman–Crippen MR) is 80.5 cm³/mol. The van der Waals surface area contributed by atoms with Crippen LogP contribution in [-0.4, -0.2) is 24.2 Å². The van der Waals surface area contributed by atoms with Gasteiger partial charge in [-0.05, 0) is 44.2 Å². The zero-order valence-electron chi connectivity index (χ0n) is 12.0. The van der Waals surface area contributed by atoms with E-state index in [2.05, 4.69) is 9.82 Å². The summed E-state index contributed by atoms with van der Waals surface area (Å²) in [6, 6.07) is 3.17. The summed E-state index contributed by atoms with van der Waals surface area (Å²) in [4.78, 5) is 0. The highest BCUT2D eigenvalue weighted by Crippen LogP contribution is 2.18. The first-order valence-corrected chi connectivity index (χ1v) is 8.72. The minimum Gasteiger partial charge on any atom is -0.272 e. The summed E-state index contributed by atoms with van der Waals surface area (Å²) >= 11 is 1.22. The van der Waals surface area contributed by atoms with Gasteiger partial charge in [-0.2, -0.15) is 5.10 Å². The van der Waals surface area contributed by atoms with Crippen LogP contribution in [0.5, 0.6) is 0 Å². The minimum atomic E-state index is -3.41. The van der Waals surface area contributed by atoms with Gasteiger partial charge in [0.25, 0.3) is 0 Å². The maximum Gasteiger partial charge on any atom is 0.250 e. The maximum atomic E-state index is 12.1. The topological polar surface area (TPSA) is 64.0 Å². The van der Waals surface area contributed by atoms with Crippen molar-refractivity contribution in [2.45, 2.75) is 37.4 Å². The van der Waals surface area contributed by atoms with Crippen LogP contribution in [0.25, 0.3) is 0 Å². The zero-order valence-corrected chi connectivity index (χ0v) is 13.7. The molecule has 2 aromatic rings. The third kappa shape index (κ3) is 3.11. The smallest absolute Gasteiger partial charge is 0.250 e. The molecule has 0 fully saturated rings. The molecule has 0 saturated carbocycles. The van der Waals surface area contributed by atoms with Crippen molar-refractivity contribution in [1.29, 1.82) is 0 Å². The molecule has 2 aromatic heterocycles. The third-order valence-electron chi connectivity index (χ3n) is 3.29. The van der Waals surface area contributed by atoms with E-state index in [4.69, 9.17) is 0 Å². The predicted octanol–water partition coefficient (Wildman–Crippen LogP) is 2.01. The molecule has 0 aliphatic carbocycles. The molecule has 0 bridgehead atoms. The molecule has 0 aliphatic rings. The summed E-state index contributed by atoms with van der Waals surface area (Å²) in [6.07, 6.45) is 0.635. The Morgan fingerprint density at radius 1 is 1.45 bits per heavy atom. The van der Waals surface area contributed by atoms with E-state index in [1.54, 1.807) is 17.5 Å². The van der Waals surface area contributed by atoms with E-state index in [1.165, 1.54) is 11.3 Å². The van der Waals surface area contributed by atoms with Gasteiger partial charge >= 0.3 is 0 Å². The number of thiophene rings is 1. The van der Waals surface area contributed by atoms with Crippen molar-refractivity contribution < 1.29 is 8.42 Å². The first-order valence-electron chi connectivity index (χ1n) is 6.36. The number of sulfonamides is 1. The summed E-state index contributed by atoms with van der Waals surface area (Å²) in [5, 5.41) is 6.11. The normalized spacial score (nSPS) is 13.6. The lowest BCUT2D eigenvalue weighted by atomic mass is 10.1. The number of aromatic nitrogens is 2. The second-order valence-electron chi connectivity index (χ2n) is 4.93. The van der Waals surface area contributed by atoms with Crippen molar-refractivity contribution in [3.8, 4) is 0 Å². The molecule has 1 N–H and O–H groups in total. The Balaban J connectivity index is 2.12. The van der Waals surface area contributed by atoms with Gasteiger partial charge in [0.2, 0.25) is 10.0 Å². The molecule has 0 radical (unpaired) electrons. The molecule has 0 amide bonds. The first-order chi connectivity index (χ1) is 9.31. The second kappa shape index (κ2) is 5.67. The van der Waals surface area contributed by atoms with Gasteiger partial charge in [0, 0.05) is 18.8 Å². The average molecular weight is 313 g/mol. The number of rotatable bonds is 5. The lowest BCUT2D eigenvalue weighted by Gasteiger charge is -2.13. The SMILES string of the molecule is Cc1nn(C)c(C)c1C[C@@H](C)NS(=O)(=O)c1cccs1. The summed E-state index contributed by atoms with van der Waals surface area (Å²) in [6.45, 7) is 5.82. The Morgan fingerprint density at radius 3 is 2.65 bits per heavy atom. The van der Waals surface area contributed by atoms with Crippen molar-refractivity contribution in [2.24, 2.45) is 7.05 Å². The Labute approximate surface area is 123 Å². The largest absolute Gasteiger partial charge is 0.272 e. The first kappa shape index (κ1) is 15.2. The van der Waals surface area contributed by atoms with E-state index in [-0.39, 0.29) is 6.04 Å². The molecule has 0 aromatic carbocycles. The molecule has 0 unspecified atom stereocenters. The average Bonchev–Trinajstić information content (AvgIpc) is 2.94. The van der Waals surface area contributed by atoms with Crippen molar-refractivity contribution >= 4 is 21.4 Å². The molecular weight excluding hydrogens is 294 g/mol. The van der Waals surface area contributed by atoms with Crippen LogP contribution >= 0.6 is 11.3 Å². The lowest BCUT2D eigenvalue weighted by molar-refractivity contribution is 0.561. The molecule has 1 atom stereocenters. The van der Waals surface area contributed by atoms with Gasteiger partial charge in [0.05, 0.1) is 5.69 Å².